The first-order chi connectivity index (χ1) is 9.04. The molecule has 1 fully saturated rings. The molecule has 0 aromatic carbocycles. The van der Waals surface area contributed by atoms with E-state index in [1.165, 1.54) is 17.9 Å². The number of aromatic nitrogens is 2. The molecule has 4 nitrogen and oxygen atoms in total. The molecule has 1 saturated heterocycles. The molecule has 2 rings (SSSR count). The summed E-state index contributed by atoms with van der Waals surface area (Å²) in [6, 6.07) is 4.18. The van der Waals surface area contributed by atoms with Gasteiger partial charge in [0.05, 0.1) is 5.69 Å². The van der Waals surface area contributed by atoms with Crippen LogP contribution in [0.3, 0.4) is 0 Å². The summed E-state index contributed by atoms with van der Waals surface area (Å²) in [6.45, 7) is 9.42. The Balaban J connectivity index is 1.93. The van der Waals surface area contributed by atoms with Crippen LogP contribution in [-0.2, 0) is 6.54 Å². The standard InChI is InChI=1S/C14H24N4S/c1-14(2,3)15-11-12-5-6-13(17-16-12)18-7-4-9-19-10-8-18/h5-6,15H,4,7-11H2,1-3H3. The normalized spacial score (nSPS) is 17.3. The second-order valence-electron chi connectivity index (χ2n) is 5.94. The first-order valence-electron chi connectivity index (χ1n) is 6.95. The molecule has 0 spiro atoms. The number of anilines is 1. The number of rotatable bonds is 3. The quantitative estimate of drug-likeness (QED) is 0.920. The number of nitrogens with zero attached hydrogens (tertiary/aromatic N) is 3. The van der Waals surface area contributed by atoms with Crippen molar-refractivity contribution in [1.29, 1.82) is 0 Å². The van der Waals surface area contributed by atoms with Gasteiger partial charge in [0.2, 0.25) is 0 Å². The molecule has 1 aliphatic heterocycles. The highest BCUT2D eigenvalue weighted by molar-refractivity contribution is 7.99. The van der Waals surface area contributed by atoms with E-state index < -0.39 is 0 Å². The molecule has 0 amide bonds. The highest BCUT2D eigenvalue weighted by Crippen LogP contribution is 2.16. The van der Waals surface area contributed by atoms with Crippen molar-refractivity contribution in [2.75, 3.05) is 29.5 Å². The second kappa shape index (κ2) is 6.57. The number of thioether (sulfide) groups is 1. The minimum absolute atomic E-state index is 0.113. The van der Waals surface area contributed by atoms with Gasteiger partial charge < -0.3 is 10.2 Å². The highest BCUT2D eigenvalue weighted by atomic mass is 32.2. The molecule has 1 aliphatic rings. The van der Waals surface area contributed by atoms with Gasteiger partial charge in [-0.25, -0.2) is 0 Å². The van der Waals surface area contributed by atoms with E-state index in [1.54, 1.807) is 0 Å². The maximum absolute atomic E-state index is 4.37. The van der Waals surface area contributed by atoms with E-state index in [0.717, 1.165) is 31.1 Å². The molecule has 0 radical (unpaired) electrons. The Hall–Kier alpha value is -0.810. The van der Waals surface area contributed by atoms with Crippen molar-refractivity contribution in [2.24, 2.45) is 0 Å². The third-order valence-corrected chi connectivity index (χ3v) is 4.10. The molecule has 1 aromatic heterocycles. The molecule has 1 N–H and O–H groups in total. The first kappa shape index (κ1) is 14.6. The van der Waals surface area contributed by atoms with E-state index in [4.69, 9.17) is 0 Å². The maximum Gasteiger partial charge on any atom is 0.151 e. The van der Waals surface area contributed by atoms with E-state index in [2.05, 4.69) is 53.3 Å². The van der Waals surface area contributed by atoms with Gasteiger partial charge >= 0.3 is 0 Å². The lowest BCUT2D eigenvalue weighted by Gasteiger charge is -2.21. The molecule has 106 valence electrons. The van der Waals surface area contributed by atoms with Crippen LogP contribution in [-0.4, -0.2) is 40.3 Å². The van der Waals surface area contributed by atoms with Crippen molar-refractivity contribution in [3.63, 3.8) is 0 Å². The zero-order chi connectivity index (χ0) is 13.7. The smallest absolute Gasteiger partial charge is 0.151 e. The van der Waals surface area contributed by atoms with E-state index in [1.807, 2.05) is 11.8 Å². The van der Waals surface area contributed by atoms with Crippen molar-refractivity contribution in [1.82, 2.24) is 15.5 Å². The van der Waals surface area contributed by atoms with Crippen molar-refractivity contribution < 1.29 is 0 Å². The largest absolute Gasteiger partial charge is 0.354 e. The fraction of sp³-hybridized carbons (Fsp3) is 0.714. The molecule has 0 unspecified atom stereocenters. The molecule has 0 saturated carbocycles. The van der Waals surface area contributed by atoms with Crippen LogP contribution in [0.25, 0.3) is 0 Å². The Kier molecular flexibility index (Phi) is 5.05. The Bertz CT molecular complexity index is 377. The molecular formula is C14H24N4S. The fourth-order valence-electron chi connectivity index (χ4n) is 1.95. The van der Waals surface area contributed by atoms with Gasteiger partial charge in [-0.2, -0.15) is 16.9 Å². The average Bonchev–Trinajstić information content (AvgIpc) is 2.65. The lowest BCUT2D eigenvalue weighted by atomic mass is 10.1. The Morgan fingerprint density at radius 1 is 1.21 bits per heavy atom. The number of hydrogen-bond donors (Lipinski definition) is 1. The zero-order valence-corrected chi connectivity index (χ0v) is 13.0. The van der Waals surface area contributed by atoms with Crippen LogP contribution in [0.1, 0.15) is 32.9 Å². The van der Waals surface area contributed by atoms with Crippen LogP contribution in [0, 0.1) is 0 Å². The topological polar surface area (TPSA) is 41.0 Å². The third kappa shape index (κ3) is 4.99. The number of nitrogens with one attached hydrogen (secondary N) is 1. The molecule has 0 aliphatic carbocycles. The van der Waals surface area contributed by atoms with Crippen molar-refractivity contribution in [3.8, 4) is 0 Å². The van der Waals surface area contributed by atoms with Gasteiger partial charge in [0, 0.05) is 30.9 Å². The molecule has 0 atom stereocenters. The summed E-state index contributed by atoms with van der Waals surface area (Å²) in [5.41, 5.74) is 1.12. The predicted molar refractivity (Wildman–Crippen MR) is 82.8 cm³/mol. The van der Waals surface area contributed by atoms with Crippen molar-refractivity contribution in [3.05, 3.63) is 17.8 Å². The van der Waals surface area contributed by atoms with Gasteiger partial charge in [-0.1, -0.05) is 0 Å². The van der Waals surface area contributed by atoms with E-state index in [9.17, 15) is 0 Å². The summed E-state index contributed by atoms with van der Waals surface area (Å²) in [4.78, 5) is 2.34. The van der Waals surface area contributed by atoms with Crippen molar-refractivity contribution in [2.45, 2.75) is 39.3 Å². The van der Waals surface area contributed by atoms with Crippen LogP contribution in [0.4, 0.5) is 5.82 Å². The second-order valence-corrected chi connectivity index (χ2v) is 7.16. The maximum atomic E-state index is 4.37. The van der Waals surface area contributed by atoms with E-state index >= 15 is 0 Å². The molecule has 1 aromatic rings. The minimum Gasteiger partial charge on any atom is -0.354 e. The van der Waals surface area contributed by atoms with Gasteiger partial charge in [-0.15, -0.1) is 5.10 Å². The van der Waals surface area contributed by atoms with E-state index in [0.29, 0.717) is 0 Å². The summed E-state index contributed by atoms with van der Waals surface area (Å²) in [5.74, 6) is 3.47. The number of hydrogen-bond acceptors (Lipinski definition) is 5. The fourth-order valence-corrected chi connectivity index (χ4v) is 2.83. The lowest BCUT2D eigenvalue weighted by molar-refractivity contribution is 0.420. The minimum atomic E-state index is 0.113. The molecule has 5 heteroatoms. The molecule has 0 bridgehead atoms. The zero-order valence-electron chi connectivity index (χ0n) is 12.1. The molecule has 2 heterocycles. The van der Waals surface area contributed by atoms with Gasteiger partial charge in [-0.3, -0.25) is 0 Å². The third-order valence-electron chi connectivity index (χ3n) is 3.05. The molecular weight excluding hydrogens is 256 g/mol. The van der Waals surface area contributed by atoms with Crippen LogP contribution < -0.4 is 10.2 Å². The first-order valence-corrected chi connectivity index (χ1v) is 8.10. The van der Waals surface area contributed by atoms with Crippen LogP contribution in [0.5, 0.6) is 0 Å². The van der Waals surface area contributed by atoms with Crippen LogP contribution in [0.2, 0.25) is 0 Å². The Morgan fingerprint density at radius 2 is 2.05 bits per heavy atom. The predicted octanol–water partition coefficient (Wildman–Crippen LogP) is 2.31. The average molecular weight is 280 g/mol. The van der Waals surface area contributed by atoms with Gasteiger partial charge in [0.1, 0.15) is 0 Å². The van der Waals surface area contributed by atoms with Crippen LogP contribution in [0.15, 0.2) is 12.1 Å². The Labute approximate surface area is 120 Å². The summed E-state index contributed by atoms with van der Waals surface area (Å²) < 4.78 is 0. The SMILES string of the molecule is CC(C)(C)NCc1ccc(N2CCCSCC2)nn1. The van der Waals surface area contributed by atoms with Gasteiger partial charge in [0.15, 0.2) is 5.82 Å². The van der Waals surface area contributed by atoms with Gasteiger partial charge in [0.25, 0.3) is 0 Å². The summed E-state index contributed by atoms with van der Waals surface area (Å²) in [5, 5.41) is 12.1. The highest BCUT2D eigenvalue weighted by Gasteiger charge is 2.12. The van der Waals surface area contributed by atoms with Crippen LogP contribution >= 0.6 is 11.8 Å². The lowest BCUT2D eigenvalue weighted by Crippen LogP contribution is -2.35. The summed E-state index contributed by atoms with van der Waals surface area (Å²) in [6.07, 6.45) is 1.24. The summed E-state index contributed by atoms with van der Waals surface area (Å²) in [7, 11) is 0. The van der Waals surface area contributed by atoms with Crippen molar-refractivity contribution >= 4 is 17.6 Å². The van der Waals surface area contributed by atoms with Gasteiger partial charge in [-0.05, 0) is 45.1 Å². The van der Waals surface area contributed by atoms with E-state index in [-0.39, 0.29) is 5.54 Å². The summed E-state index contributed by atoms with van der Waals surface area (Å²) >= 11 is 2.03. The monoisotopic (exact) mass is 280 g/mol. The molecule has 19 heavy (non-hydrogen) atoms. The Morgan fingerprint density at radius 3 is 2.74 bits per heavy atom.